The number of carbonyl (C=O) groups is 1. The Kier molecular flexibility index (Phi) is 3.53. The van der Waals surface area contributed by atoms with Crippen molar-refractivity contribution in [3.8, 4) is 0 Å². The summed E-state index contributed by atoms with van der Waals surface area (Å²) in [7, 11) is 0. The molecule has 4 nitrogen and oxygen atoms in total. The van der Waals surface area contributed by atoms with Gasteiger partial charge >= 0.3 is 0 Å². The summed E-state index contributed by atoms with van der Waals surface area (Å²) in [6, 6.07) is 9.84. The molecule has 0 atom stereocenters. The molecule has 0 aliphatic heterocycles. The molecule has 3 rings (SSSR count). The first-order valence-corrected chi connectivity index (χ1v) is 7.36. The van der Waals surface area contributed by atoms with Crippen molar-refractivity contribution in [2.24, 2.45) is 0 Å². The normalized spacial score (nSPS) is 11.1. The lowest BCUT2D eigenvalue weighted by Gasteiger charge is -2.06. The van der Waals surface area contributed by atoms with Crippen molar-refractivity contribution in [3.63, 3.8) is 0 Å². The molecule has 2 aromatic carbocycles. The molecule has 0 bridgehead atoms. The van der Waals surface area contributed by atoms with Crippen LogP contribution in [0.1, 0.15) is 32.6 Å². The summed E-state index contributed by atoms with van der Waals surface area (Å²) in [4.78, 5) is 12.5. The van der Waals surface area contributed by atoms with Gasteiger partial charge in [-0.15, -0.1) is 5.10 Å². The first-order valence-electron chi connectivity index (χ1n) is 7.36. The van der Waals surface area contributed by atoms with Crippen LogP contribution in [-0.4, -0.2) is 20.8 Å². The molecule has 0 aliphatic rings. The smallest absolute Gasteiger partial charge is 0.184 e. The van der Waals surface area contributed by atoms with Crippen LogP contribution in [0.25, 0.3) is 11.0 Å². The summed E-state index contributed by atoms with van der Waals surface area (Å²) in [5.41, 5.74) is 7.12. The van der Waals surface area contributed by atoms with Gasteiger partial charge in [-0.3, -0.25) is 4.79 Å². The van der Waals surface area contributed by atoms with Gasteiger partial charge in [0.05, 0.1) is 5.52 Å². The monoisotopic (exact) mass is 293 g/mol. The molecule has 0 unspecified atom stereocenters. The van der Waals surface area contributed by atoms with E-state index in [0.717, 1.165) is 22.2 Å². The van der Waals surface area contributed by atoms with Gasteiger partial charge in [0.1, 0.15) is 12.1 Å². The molecule has 0 fully saturated rings. The first kappa shape index (κ1) is 14.4. The topological polar surface area (TPSA) is 47.8 Å². The number of aryl methyl sites for hydroxylation is 4. The summed E-state index contributed by atoms with van der Waals surface area (Å²) in [6.07, 6.45) is 0. The molecule has 0 aliphatic carbocycles. The number of carbonyl (C=O) groups excluding carboxylic acids is 1. The molecule has 0 spiro atoms. The summed E-state index contributed by atoms with van der Waals surface area (Å²) in [5, 5.41) is 8.29. The Morgan fingerprint density at radius 2 is 1.64 bits per heavy atom. The number of ketones is 1. The number of nitrogens with zero attached hydrogens (tertiary/aromatic N) is 3. The predicted molar refractivity (Wildman–Crippen MR) is 87.2 cm³/mol. The van der Waals surface area contributed by atoms with E-state index in [-0.39, 0.29) is 12.3 Å². The van der Waals surface area contributed by atoms with Crippen LogP contribution in [0.3, 0.4) is 0 Å². The predicted octanol–water partition coefficient (Wildman–Crippen LogP) is 3.55. The summed E-state index contributed by atoms with van der Waals surface area (Å²) in [5.74, 6) is 0.0492. The second-order valence-corrected chi connectivity index (χ2v) is 5.89. The average molecular weight is 293 g/mol. The van der Waals surface area contributed by atoms with E-state index in [4.69, 9.17) is 0 Å². The maximum absolute atomic E-state index is 12.5. The number of hydrogen-bond donors (Lipinski definition) is 0. The van der Waals surface area contributed by atoms with Gasteiger partial charge in [0.25, 0.3) is 0 Å². The van der Waals surface area contributed by atoms with E-state index < -0.39 is 0 Å². The van der Waals surface area contributed by atoms with Crippen LogP contribution in [0.5, 0.6) is 0 Å². The number of hydrogen-bond acceptors (Lipinski definition) is 3. The van der Waals surface area contributed by atoms with Crippen molar-refractivity contribution < 1.29 is 4.79 Å². The van der Waals surface area contributed by atoms with Gasteiger partial charge in [0.2, 0.25) is 0 Å². The Morgan fingerprint density at radius 1 is 0.955 bits per heavy atom. The highest BCUT2D eigenvalue weighted by molar-refractivity contribution is 5.96. The minimum atomic E-state index is 0.0492. The lowest BCUT2D eigenvalue weighted by atomic mass is 10.0. The van der Waals surface area contributed by atoms with Gasteiger partial charge < -0.3 is 0 Å². The van der Waals surface area contributed by atoms with Crippen LogP contribution in [-0.2, 0) is 6.54 Å². The molecule has 112 valence electrons. The van der Waals surface area contributed by atoms with Gasteiger partial charge in [-0.25, -0.2) is 4.68 Å². The highest BCUT2D eigenvalue weighted by Crippen LogP contribution is 2.18. The molecule has 4 heteroatoms. The van der Waals surface area contributed by atoms with Gasteiger partial charge in [-0.1, -0.05) is 17.3 Å². The van der Waals surface area contributed by atoms with Crippen molar-refractivity contribution in [1.82, 2.24) is 15.0 Å². The van der Waals surface area contributed by atoms with Crippen LogP contribution < -0.4 is 0 Å². The largest absolute Gasteiger partial charge is 0.292 e. The number of aromatic nitrogens is 3. The molecule has 0 radical (unpaired) electrons. The zero-order valence-electron chi connectivity index (χ0n) is 13.3. The lowest BCUT2D eigenvalue weighted by Crippen LogP contribution is -2.12. The fraction of sp³-hybridized carbons (Fsp3) is 0.278. The maximum atomic E-state index is 12.5. The van der Waals surface area contributed by atoms with Gasteiger partial charge in [0, 0.05) is 5.56 Å². The first-order chi connectivity index (χ1) is 10.5. The number of rotatable bonds is 3. The Labute approximate surface area is 129 Å². The Bertz CT molecular complexity index is 877. The van der Waals surface area contributed by atoms with Gasteiger partial charge in [0.15, 0.2) is 5.78 Å². The Balaban J connectivity index is 1.94. The zero-order valence-corrected chi connectivity index (χ0v) is 13.3. The average Bonchev–Trinajstić information content (AvgIpc) is 2.84. The van der Waals surface area contributed by atoms with E-state index in [0.29, 0.717) is 0 Å². The quantitative estimate of drug-likeness (QED) is 0.694. The van der Waals surface area contributed by atoms with E-state index in [1.165, 1.54) is 16.7 Å². The van der Waals surface area contributed by atoms with Crippen LogP contribution >= 0.6 is 0 Å². The van der Waals surface area contributed by atoms with E-state index in [2.05, 4.69) is 17.2 Å². The number of benzene rings is 2. The lowest BCUT2D eigenvalue weighted by molar-refractivity contribution is 0.0968. The second kappa shape index (κ2) is 5.37. The molecular weight excluding hydrogens is 274 g/mol. The molecule has 3 aromatic rings. The SMILES string of the molecule is Cc1ccc(C(=O)Cn2nnc3cc(C)c(C)cc32)cc1C. The molecule has 1 heterocycles. The highest BCUT2D eigenvalue weighted by Gasteiger charge is 2.12. The summed E-state index contributed by atoms with van der Waals surface area (Å²) >= 11 is 0. The molecule has 0 amide bonds. The Morgan fingerprint density at radius 3 is 2.36 bits per heavy atom. The Hall–Kier alpha value is -2.49. The standard InChI is InChI=1S/C18H19N3O/c1-11-5-6-15(7-12(11)2)18(22)10-21-17-9-14(4)13(3)8-16(17)19-20-21/h5-9H,10H2,1-4H3. The molecule has 0 N–H and O–H groups in total. The van der Waals surface area contributed by atoms with Crippen LogP contribution in [0.2, 0.25) is 0 Å². The van der Waals surface area contributed by atoms with E-state index in [9.17, 15) is 4.79 Å². The van der Waals surface area contributed by atoms with Crippen LogP contribution in [0.15, 0.2) is 30.3 Å². The van der Waals surface area contributed by atoms with Crippen molar-refractivity contribution in [1.29, 1.82) is 0 Å². The minimum absolute atomic E-state index is 0.0492. The van der Waals surface area contributed by atoms with E-state index >= 15 is 0 Å². The van der Waals surface area contributed by atoms with Crippen LogP contribution in [0.4, 0.5) is 0 Å². The number of fused-ring (bicyclic) bond motifs is 1. The third-order valence-corrected chi connectivity index (χ3v) is 4.25. The third kappa shape index (κ3) is 2.52. The van der Waals surface area contributed by atoms with E-state index in [1.54, 1.807) is 4.68 Å². The molecule has 22 heavy (non-hydrogen) atoms. The van der Waals surface area contributed by atoms with Crippen molar-refractivity contribution in [3.05, 3.63) is 58.1 Å². The molecule has 1 aromatic heterocycles. The molecule has 0 saturated carbocycles. The van der Waals surface area contributed by atoms with Crippen molar-refractivity contribution >= 4 is 16.8 Å². The van der Waals surface area contributed by atoms with Gasteiger partial charge in [-0.2, -0.15) is 0 Å². The maximum Gasteiger partial charge on any atom is 0.184 e. The van der Waals surface area contributed by atoms with Gasteiger partial charge in [-0.05, 0) is 68.1 Å². The summed E-state index contributed by atoms with van der Waals surface area (Å²) < 4.78 is 1.68. The highest BCUT2D eigenvalue weighted by atomic mass is 16.1. The second-order valence-electron chi connectivity index (χ2n) is 5.89. The fourth-order valence-electron chi connectivity index (χ4n) is 2.48. The zero-order chi connectivity index (χ0) is 15.9. The minimum Gasteiger partial charge on any atom is -0.292 e. The van der Waals surface area contributed by atoms with Crippen molar-refractivity contribution in [2.45, 2.75) is 34.2 Å². The third-order valence-electron chi connectivity index (χ3n) is 4.25. The number of Topliss-reactive ketones (excluding diaryl/α,β-unsaturated/α-hetero) is 1. The van der Waals surface area contributed by atoms with Crippen LogP contribution in [0, 0.1) is 27.7 Å². The fourth-order valence-corrected chi connectivity index (χ4v) is 2.48. The van der Waals surface area contributed by atoms with E-state index in [1.807, 2.05) is 51.1 Å². The molecule has 0 saturated heterocycles. The molecular formula is C18H19N3O. The van der Waals surface area contributed by atoms with Crippen molar-refractivity contribution in [2.75, 3.05) is 0 Å². The summed E-state index contributed by atoms with van der Waals surface area (Å²) in [6.45, 7) is 8.37.